The fraction of sp³-hybridized carbons (Fsp3) is 0.375. The van der Waals surface area contributed by atoms with Crippen molar-refractivity contribution < 1.29 is 22.8 Å². The molecule has 8 nitrogen and oxygen atoms in total. The van der Waals surface area contributed by atoms with E-state index in [1.54, 1.807) is 31.2 Å². The van der Waals surface area contributed by atoms with E-state index in [9.17, 15) is 22.8 Å². The minimum atomic E-state index is -3.18. The molecule has 2 fully saturated rings. The minimum absolute atomic E-state index is 0.0404. The maximum atomic E-state index is 13.7. The van der Waals surface area contributed by atoms with Crippen molar-refractivity contribution in [2.24, 2.45) is 0 Å². The lowest BCUT2D eigenvalue weighted by molar-refractivity contribution is -0.140. The molecule has 0 radical (unpaired) electrons. The summed E-state index contributed by atoms with van der Waals surface area (Å²) in [5.74, 6) is -0.981. The number of likely N-dealkylation sites (N-methyl/N-ethyl adjacent to an activating group) is 1. The highest BCUT2D eigenvalue weighted by Gasteiger charge is 2.53. The summed E-state index contributed by atoms with van der Waals surface area (Å²) in [5.41, 5.74) is 0.180. The molecule has 4 amide bonds. The number of benzene rings is 2. The first-order valence-corrected chi connectivity index (χ1v) is 12.8. The summed E-state index contributed by atoms with van der Waals surface area (Å²) in [6.07, 6.45) is 0.607. The van der Waals surface area contributed by atoms with E-state index in [0.29, 0.717) is 18.5 Å². The second-order valence-corrected chi connectivity index (χ2v) is 10.7. The van der Waals surface area contributed by atoms with Crippen LogP contribution < -0.4 is 5.32 Å². The van der Waals surface area contributed by atoms with Crippen LogP contribution in [-0.4, -0.2) is 66.7 Å². The smallest absolute Gasteiger partial charge is 0.325 e. The lowest BCUT2D eigenvalue weighted by atomic mass is 9.83. The monoisotopic (exact) mass is 469 g/mol. The molecule has 0 unspecified atom stereocenters. The molecule has 33 heavy (non-hydrogen) atoms. The fourth-order valence-corrected chi connectivity index (χ4v) is 6.43. The van der Waals surface area contributed by atoms with Crippen LogP contribution in [0.5, 0.6) is 0 Å². The molecule has 0 aromatic heterocycles. The Morgan fingerprint density at radius 3 is 2.30 bits per heavy atom. The summed E-state index contributed by atoms with van der Waals surface area (Å²) < 4.78 is 23.8. The Morgan fingerprint density at radius 2 is 1.73 bits per heavy atom. The Balaban J connectivity index is 1.61. The van der Waals surface area contributed by atoms with Gasteiger partial charge in [-0.1, -0.05) is 60.7 Å². The first-order valence-electron chi connectivity index (χ1n) is 11.0. The number of nitrogens with zero attached hydrogens (tertiary/aromatic N) is 2. The van der Waals surface area contributed by atoms with Crippen LogP contribution in [0, 0.1) is 0 Å². The molecule has 2 atom stereocenters. The first kappa shape index (κ1) is 23.0. The third-order valence-electron chi connectivity index (χ3n) is 6.36. The van der Waals surface area contributed by atoms with E-state index in [4.69, 9.17) is 0 Å². The molecule has 1 N–H and O–H groups in total. The van der Waals surface area contributed by atoms with E-state index in [1.807, 2.05) is 36.4 Å². The number of imide groups is 1. The molecule has 2 saturated heterocycles. The predicted octanol–water partition coefficient (Wildman–Crippen LogP) is 1.71. The van der Waals surface area contributed by atoms with Gasteiger partial charge in [0.25, 0.3) is 5.91 Å². The zero-order valence-electron chi connectivity index (χ0n) is 18.4. The van der Waals surface area contributed by atoms with Crippen molar-refractivity contribution >= 4 is 27.7 Å². The molecule has 0 spiro atoms. The maximum Gasteiger partial charge on any atom is 0.325 e. The second kappa shape index (κ2) is 8.97. The quantitative estimate of drug-likeness (QED) is 0.622. The van der Waals surface area contributed by atoms with Gasteiger partial charge in [0.15, 0.2) is 15.4 Å². The molecule has 4 rings (SSSR count). The van der Waals surface area contributed by atoms with Gasteiger partial charge in [-0.25, -0.2) is 13.2 Å². The zero-order valence-corrected chi connectivity index (χ0v) is 19.3. The van der Waals surface area contributed by atoms with Crippen molar-refractivity contribution in [2.75, 3.05) is 24.6 Å². The Labute approximate surface area is 193 Å². The molecule has 2 aromatic rings. The molecule has 2 heterocycles. The van der Waals surface area contributed by atoms with Crippen LogP contribution in [0.25, 0.3) is 0 Å². The van der Waals surface area contributed by atoms with Gasteiger partial charge < -0.3 is 10.2 Å². The van der Waals surface area contributed by atoms with Crippen LogP contribution in [0.4, 0.5) is 4.79 Å². The van der Waals surface area contributed by atoms with Gasteiger partial charge in [0.05, 0.1) is 11.5 Å². The summed E-state index contributed by atoms with van der Waals surface area (Å²) >= 11 is 0. The average Bonchev–Trinajstić information content (AvgIpc) is 3.27. The highest BCUT2D eigenvalue weighted by molar-refractivity contribution is 7.91. The third kappa shape index (κ3) is 4.50. The topological polar surface area (TPSA) is 104 Å². The van der Waals surface area contributed by atoms with Crippen molar-refractivity contribution in [2.45, 2.75) is 31.3 Å². The van der Waals surface area contributed by atoms with Crippen molar-refractivity contribution in [3.63, 3.8) is 0 Å². The highest BCUT2D eigenvalue weighted by Crippen LogP contribution is 2.33. The number of carbonyl (C=O) groups is 3. The molecule has 0 aliphatic carbocycles. The van der Waals surface area contributed by atoms with Gasteiger partial charge in [-0.15, -0.1) is 0 Å². The molecule has 0 saturated carbocycles. The molecule has 174 valence electrons. The Bertz CT molecular complexity index is 1150. The first-order chi connectivity index (χ1) is 15.8. The minimum Gasteiger partial charge on any atom is -0.337 e. The Hall–Kier alpha value is -3.20. The van der Waals surface area contributed by atoms with Crippen LogP contribution in [-0.2, 0) is 31.4 Å². The van der Waals surface area contributed by atoms with E-state index in [0.717, 1.165) is 10.5 Å². The third-order valence-corrected chi connectivity index (χ3v) is 8.11. The molecule has 9 heteroatoms. The van der Waals surface area contributed by atoms with E-state index in [1.165, 1.54) is 4.90 Å². The van der Waals surface area contributed by atoms with Gasteiger partial charge in [0.1, 0.15) is 6.54 Å². The number of carbonyl (C=O) groups excluding carboxylic acids is 3. The lowest BCUT2D eigenvalue weighted by Crippen LogP contribution is -2.49. The van der Waals surface area contributed by atoms with Crippen molar-refractivity contribution in [3.8, 4) is 0 Å². The van der Waals surface area contributed by atoms with Gasteiger partial charge in [-0.05, 0) is 24.5 Å². The number of nitrogens with one attached hydrogen (secondary N) is 1. The molecule has 2 aliphatic rings. The molecule has 2 aromatic carbocycles. The highest BCUT2D eigenvalue weighted by atomic mass is 32.2. The second-order valence-electron chi connectivity index (χ2n) is 8.49. The number of sulfone groups is 1. The summed E-state index contributed by atoms with van der Waals surface area (Å²) in [5, 5.41) is 2.85. The number of hydrogen-bond donors (Lipinski definition) is 1. The van der Waals surface area contributed by atoms with Crippen molar-refractivity contribution in [1.29, 1.82) is 0 Å². The lowest BCUT2D eigenvalue weighted by Gasteiger charge is -2.29. The van der Waals surface area contributed by atoms with Gasteiger partial charge in [0.2, 0.25) is 5.91 Å². The summed E-state index contributed by atoms with van der Waals surface area (Å²) in [6.45, 7) is 1.63. The largest absolute Gasteiger partial charge is 0.337 e. The molecular formula is C24H27N3O5S. The fourth-order valence-electron chi connectivity index (χ4n) is 4.70. The molecule has 0 bridgehead atoms. The van der Waals surface area contributed by atoms with E-state index in [-0.39, 0.29) is 17.9 Å². The Morgan fingerprint density at radius 1 is 1.09 bits per heavy atom. The normalized spacial score (nSPS) is 24.0. The van der Waals surface area contributed by atoms with E-state index >= 15 is 0 Å². The summed E-state index contributed by atoms with van der Waals surface area (Å²) in [7, 11) is -3.18. The zero-order chi connectivity index (χ0) is 23.6. The van der Waals surface area contributed by atoms with Crippen LogP contribution in [0.3, 0.4) is 0 Å². The number of hydrogen-bond acceptors (Lipinski definition) is 5. The Kier molecular flexibility index (Phi) is 6.25. The summed E-state index contributed by atoms with van der Waals surface area (Å²) in [4.78, 5) is 42.1. The summed E-state index contributed by atoms with van der Waals surface area (Å²) in [6, 6.07) is 17.3. The number of amides is 4. The van der Waals surface area contributed by atoms with Crippen molar-refractivity contribution in [3.05, 3.63) is 71.8 Å². The standard InChI is InChI=1S/C24H27N3O5S/c1-2-26(20-13-14-33(31,32)17-20)21(28)16-27-22(29)24(25-23(27)30,19-11-7-4-8-12-19)15-18-9-5-3-6-10-18/h3-12,20H,2,13-17H2,1H3,(H,25,30)/t20-,24+/m1/s1. The van der Waals surface area contributed by atoms with E-state index in [2.05, 4.69) is 5.32 Å². The number of rotatable bonds is 7. The predicted molar refractivity (Wildman–Crippen MR) is 123 cm³/mol. The number of urea groups is 1. The SMILES string of the molecule is CCN(C(=O)CN1C(=O)N[C@@](Cc2ccccc2)(c2ccccc2)C1=O)[C@@H]1CCS(=O)(=O)C1. The van der Waals surface area contributed by atoms with Crippen LogP contribution in [0.2, 0.25) is 0 Å². The van der Waals surface area contributed by atoms with Crippen LogP contribution in [0.15, 0.2) is 60.7 Å². The van der Waals surface area contributed by atoms with Gasteiger partial charge in [0, 0.05) is 19.0 Å². The average molecular weight is 470 g/mol. The molecule has 2 aliphatic heterocycles. The van der Waals surface area contributed by atoms with Gasteiger partial charge in [-0.2, -0.15) is 0 Å². The maximum absolute atomic E-state index is 13.7. The van der Waals surface area contributed by atoms with Crippen LogP contribution in [0.1, 0.15) is 24.5 Å². The van der Waals surface area contributed by atoms with E-state index < -0.39 is 45.8 Å². The van der Waals surface area contributed by atoms with Gasteiger partial charge in [-0.3, -0.25) is 14.5 Å². The van der Waals surface area contributed by atoms with Crippen molar-refractivity contribution in [1.82, 2.24) is 15.1 Å². The van der Waals surface area contributed by atoms with Crippen LogP contribution >= 0.6 is 0 Å². The molecular weight excluding hydrogens is 442 g/mol. The van der Waals surface area contributed by atoms with Gasteiger partial charge >= 0.3 is 6.03 Å².